The van der Waals surface area contributed by atoms with E-state index in [1.807, 2.05) is 12.1 Å². The minimum Gasteiger partial charge on any atom is -0.493 e. The van der Waals surface area contributed by atoms with Crippen molar-refractivity contribution in [3.63, 3.8) is 0 Å². The van der Waals surface area contributed by atoms with Gasteiger partial charge in [0.25, 0.3) is 0 Å². The second-order valence-corrected chi connectivity index (χ2v) is 7.74. The van der Waals surface area contributed by atoms with E-state index in [0.29, 0.717) is 19.1 Å². The van der Waals surface area contributed by atoms with Gasteiger partial charge in [-0.3, -0.25) is 9.69 Å². The molecule has 2 aliphatic heterocycles. The summed E-state index contributed by atoms with van der Waals surface area (Å²) in [5.41, 5.74) is 3.41. The molecule has 1 unspecified atom stereocenters. The largest absolute Gasteiger partial charge is 0.493 e. The SMILES string of the molecule is CC1CN(c2ccccc2)CCN1CCCOc1ccc2c(c1)NC(=O)CC2. The molecule has 5 heteroatoms. The number of anilines is 2. The quantitative estimate of drug-likeness (QED) is 0.780. The third-order valence-corrected chi connectivity index (χ3v) is 5.72. The highest BCUT2D eigenvalue weighted by Gasteiger charge is 2.23. The normalized spacial score (nSPS) is 19.8. The van der Waals surface area contributed by atoms with E-state index in [9.17, 15) is 4.79 Å². The Kier molecular flexibility index (Phi) is 5.81. The molecule has 1 saturated heterocycles. The van der Waals surface area contributed by atoms with Gasteiger partial charge in [0.15, 0.2) is 0 Å². The van der Waals surface area contributed by atoms with Crippen LogP contribution < -0.4 is 15.0 Å². The summed E-state index contributed by atoms with van der Waals surface area (Å²) >= 11 is 0. The number of hydrogen-bond acceptors (Lipinski definition) is 4. The van der Waals surface area contributed by atoms with Gasteiger partial charge in [-0.1, -0.05) is 24.3 Å². The van der Waals surface area contributed by atoms with E-state index in [1.54, 1.807) is 0 Å². The van der Waals surface area contributed by atoms with Crippen LogP contribution in [0, 0.1) is 0 Å². The molecule has 0 radical (unpaired) electrons. The number of benzene rings is 2. The van der Waals surface area contributed by atoms with Crippen LogP contribution >= 0.6 is 0 Å². The molecule has 1 N–H and O–H groups in total. The zero-order valence-electron chi connectivity index (χ0n) is 16.6. The monoisotopic (exact) mass is 379 g/mol. The molecule has 0 spiro atoms. The number of carbonyl (C=O) groups is 1. The zero-order valence-corrected chi connectivity index (χ0v) is 16.6. The van der Waals surface area contributed by atoms with Gasteiger partial charge in [-0.05, 0) is 43.5 Å². The predicted octanol–water partition coefficient (Wildman–Crippen LogP) is 3.55. The van der Waals surface area contributed by atoms with Crippen molar-refractivity contribution in [2.24, 2.45) is 0 Å². The predicted molar refractivity (Wildman–Crippen MR) is 113 cm³/mol. The van der Waals surface area contributed by atoms with E-state index in [2.05, 4.69) is 58.4 Å². The first kappa shape index (κ1) is 18.8. The lowest BCUT2D eigenvalue weighted by atomic mass is 10.0. The van der Waals surface area contributed by atoms with Crippen LogP contribution in [0.2, 0.25) is 0 Å². The lowest BCUT2D eigenvalue weighted by molar-refractivity contribution is -0.116. The van der Waals surface area contributed by atoms with Gasteiger partial charge in [0.1, 0.15) is 5.75 Å². The van der Waals surface area contributed by atoms with Gasteiger partial charge in [-0.25, -0.2) is 0 Å². The Morgan fingerprint density at radius 2 is 1.96 bits per heavy atom. The Balaban J connectivity index is 1.22. The van der Waals surface area contributed by atoms with E-state index in [1.165, 1.54) is 11.3 Å². The van der Waals surface area contributed by atoms with Gasteiger partial charge in [-0.2, -0.15) is 0 Å². The van der Waals surface area contributed by atoms with Crippen LogP contribution in [0.3, 0.4) is 0 Å². The standard InChI is InChI=1S/C23H29N3O2/c1-18-17-26(20-6-3-2-4-7-20)14-13-25(18)12-5-15-28-21-10-8-19-9-11-23(27)24-22(19)16-21/h2-4,6-8,10,16,18H,5,9,11-15,17H2,1H3,(H,24,27). The van der Waals surface area contributed by atoms with Crippen molar-refractivity contribution in [2.75, 3.05) is 43.0 Å². The molecule has 1 amide bonds. The van der Waals surface area contributed by atoms with Crippen molar-refractivity contribution in [3.8, 4) is 5.75 Å². The van der Waals surface area contributed by atoms with Crippen LogP contribution in [0.4, 0.5) is 11.4 Å². The van der Waals surface area contributed by atoms with Crippen LogP contribution in [-0.2, 0) is 11.2 Å². The summed E-state index contributed by atoms with van der Waals surface area (Å²) in [7, 11) is 0. The number of rotatable bonds is 6. The number of para-hydroxylation sites is 1. The molecule has 28 heavy (non-hydrogen) atoms. The first-order chi connectivity index (χ1) is 13.7. The van der Waals surface area contributed by atoms with Gasteiger partial charge in [0, 0.05) is 56.1 Å². The highest BCUT2D eigenvalue weighted by Crippen LogP contribution is 2.27. The van der Waals surface area contributed by atoms with Crippen LogP contribution in [0.25, 0.3) is 0 Å². The maximum Gasteiger partial charge on any atom is 0.224 e. The van der Waals surface area contributed by atoms with Crippen LogP contribution in [0.1, 0.15) is 25.3 Å². The molecule has 1 atom stereocenters. The Morgan fingerprint density at radius 3 is 2.79 bits per heavy atom. The molecule has 0 aromatic heterocycles. The zero-order chi connectivity index (χ0) is 19.3. The van der Waals surface area contributed by atoms with Crippen molar-refractivity contribution < 1.29 is 9.53 Å². The first-order valence-electron chi connectivity index (χ1n) is 10.3. The second-order valence-electron chi connectivity index (χ2n) is 7.74. The maximum absolute atomic E-state index is 11.6. The van der Waals surface area contributed by atoms with E-state index in [-0.39, 0.29) is 5.91 Å². The summed E-state index contributed by atoms with van der Waals surface area (Å²) in [6.45, 7) is 7.27. The summed E-state index contributed by atoms with van der Waals surface area (Å²) in [4.78, 5) is 16.6. The molecule has 0 aliphatic carbocycles. The van der Waals surface area contributed by atoms with Crippen molar-refractivity contribution in [3.05, 3.63) is 54.1 Å². The first-order valence-corrected chi connectivity index (χ1v) is 10.3. The van der Waals surface area contributed by atoms with Crippen molar-refractivity contribution in [2.45, 2.75) is 32.2 Å². The molecular weight excluding hydrogens is 350 g/mol. The molecule has 2 aromatic rings. The maximum atomic E-state index is 11.6. The minimum absolute atomic E-state index is 0.0910. The van der Waals surface area contributed by atoms with E-state index >= 15 is 0 Å². The molecular formula is C23H29N3O2. The number of fused-ring (bicyclic) bond motifs is 1. The van der Waals surface area contributed by atoms with E-state index in [0.717, 1.165) is 50.5 Å². The fourth-order valence-corrected chi connectivity index (χ4v) is 4.10. The van der Waals surface area contributed by atoms with Gasteiger partial charge >= 0.3 is 0 Å². The number of nitrogens with one attached hydrogen (secondary N) is 1. The smallest absolute Gasteiger partial charge is 0.224 e. The molecule has 5 nitrogen and oxygen atoms in total. The Hall–Kier alpha value is -2.53. The van der Waals surface area contributed by atoms with Crippen LogP contribution in [0.15, 0.2) is 48.5 Å². The summed E-state index contributed by atoms with van der Waals surface area (Å²) < 4.78 is 5.94. The fourth-order valence-electron chi connectivity index (χ4n) is 4.10. The topological polar surface area (TPSA) is 44.8 Å². The number of amides is 1. The van der Waals surface area contributed by atoms with Crippen LogP contribution in [0.5, 0.6) is 5.75 Å². The number of aryl methyl sites for hydroxylation is 1. The van der Waals surface area contributed by atoms with Gasteiger partial charge in [0.2, 0.25) is 5.91 Å². The van der Waals surface area contributed by atoms with Crippen molar-refractivity contribution in [1.29, 1.82) is 0 Å². The van der Waals surface area contributed by atoms with E-state index < -0.39 is 0 Å². The summed E-state index contributed by atoms with van der Waals surface area (Å²) in [6, 6.07) is 17.2. The molecule has 4 rings (SSSR count). The highest BCUT2D eigenvalue weighted by atomic mass is 16.5. The molecule has 2 aromatic carbocycles. The summed E-state index contributed by atoms with van der Waals surface area (Å²) in [5.74, 6) is 0.927. The number of hydrogen-bond donors (Lipinski definition) is 1. The molecule has 0 saturated carbocycles. The third-order valence-electron chi connectivity index (χ3n) is 5.72. The van der Waals surface area contributed by atoms with Gasteiger partial charge < -0.3 is 15.0 Å². The molecule has 0 bridgehead atoms. The summed E-state index contributed by atoms with van der Waals surface area (Å²) in [5, 5.41) is 2.93. The third kappa shape index (κ3) is 4.47. The van der Waals surface area contributed by atoms with Crippen molar-refractivity contribution >= 4 is 17.3 Å². The lowest BCUT2D eigenvalue weighted by Crippen LogP contribution is -2.52. The van der Waals surface area contributed by atoms with Gasteiger partial charge in [-0.15, -0.1) is 0 Å². The van der Waals surface area contributed by atoms with Crippen molar-refractivity contribution in [1.82, 2.24) is 4.90 Å². The molecule has 1 fully saturated rings. The number of nitrogens with zero attached hydrogens (tertiary/aromatic N) is 2. The summed E-state index contributed by atoms with van der Waals surface area (Å²) in [6.07, 6.45) is 2.39. The number of piperazine rings is 1. The Morgan fingerprint density at radius 1 is 1.11 bits per heavy atom. The lowest BCUT2D eigenvalue weighted by Gasteiger charge is -2.41. The Labute approximate surface area is 167 Å². The second kappa shape index (κ2) is 8.65. The molecule has 2 aliphatic rings. The molecule has 148 valence electrons. The van der Waals surface area contributed by atoms with E-state index in [4.69, 9.17) is 4.74 Å². The minimum atomic E-state index is 0.0910. The highest BCUT2D eigenvalue weighted by molar-refractivity contribution is 5.94. The average molecular weight is 380 g/mol. The fraction of sp³-hybridized carbons (Fsp3) is 0.435. The average Bonchev–Trinajstić information content (AvgIpc) is 2.72. The van der Waals surface area contributed by atoms with Crippen LogP contribution in [-0.4, -0.2) is 49.6 Å². The molecule has 2 heterocycles. The van der Waals surface area contributed by atoms with Gasteiger partial charge in [0.05, 0.1) is 6.61 Å². The number of ether oxygens (including phenoxy) is 1. The Bertz CT molecular complexity index is 809. The number of carbonyl (C=O) groups excluding carboxylic acids is 1.